The summed E-state index contributed by atoms with van der Waals surface area (Å²) < 4.78 is 1.66. The number of thioether (sulfide) groups is 1. The fourth-order valence-electron chi connectivity index (χ4n) is 2.47. The average Bonchev–Trinajstić information content (AvgIpc) is 2.97. The normalized spacial score (nSPS) is 12.2. The largest absolute Gasteiger partial charge is 0.325 e. The number of carbonyl (C=O) groups excluding carboxylic acids is 2. The van der Waals surface area contributed by atoms with E-state index < -0.39 is 5.25 Å². The molecule has 1 aromatic carbocycles. The minimum Gasteiger partial charge on any atom is -0.325 e. The molecular formula is C18H19N5O2S. The van der Waals surface area contributed by atoms with Crippen LogP contribution in [0.25, 0.3) is 5.78 Å². The SMILES string of the molecule is CC(=O)c1cccc(NC(=O)[C@@H](C)Sc2nc3nc(C)cc(C)n3n2)c1. The molecule has 0 aliphatic rings. The molecule has 0 saturated heterocycles. The lowest BCUT2D eigenvalue weighted by atomic mass is 10.1. The van der Waals surface area contributed by atoms with E-state index >= 15 is 0 Å². The third kappa shape index (κ3) is 3.91. The third-order valence-corrected chi connectivity index (χ3v) is 4.74. The van der Waals surface area contributed by atoms with Crippen molar-refractivity contribution < 1.29 is 9.59 Å². The molecule has 26 heavy (non-hydrogen) atoms. The number of amides is 1. The lowest BCUT2D eigenvalue weighted by Crippen LogP contribution is -2.22. The van der Waals surface area contributed by atoms with Crippen molar-refractivity contribution in [2.75, 3.05) is 5.32 Å². The topological polar surface area (TPSA) is 89.2 Å². The van der Waals surface area contributed by atoms with E-state index in [1.807, 2.05) is 19.9 Å². The van der Waals surface area contributed by atoms with Gasteiger partial charge in [0.15, 0.2) is 5.78 Å². The number of hydrogen-bond donors (Lipinski definition) is 1. The van der Waals surface area contributed by atoms with Crippen LogP contribution in [0.3, 0.4) is 0 Å². The van der Waals surface area contributed by atoms with Crippen LogP contribution in [0, 0.1) is 13.8 Å². The van der Waals surface area contributed by atoms with Gasteiger partial charge in [0.1, 0.15) is 0 Å². The smallest absolute Gasteiger partial charge is 0.253 e. The molecule has 1 atom stereocenters. The van der Waals surface area contributed by atoms with Crippen molar-refractivity contribution in [3.8, 4) is 0 Å². The van der Waals surface area contributed by atoms with Gasteiger partial charge in [0.05, 0.1) is 5.25 Å². The maximum atomic E-state index is 12.4. The molecule has 3 aromatic rings. The van der Waals surface area contributed by atoms with Crippen LogP contribution in [0.5, 0.6) is 0 Å². The minimum atomic E-state index is -0.408. The Balaban J connectivity index is 1.72. The number of nitrogens with zero attached hydrogens (tertiary/aromatic N) is 4. The summed E-state index contributed by atoms with van der Waals surface area (Å²) in [4.78, 5) is 32.6. The van der Waals surface area contributed by atoms with Crippen molar-refractivity contribution in [3.63, 3.8) is 0 Å². The summed E-state index contributed by atoms with van der Waals surface area (Å²) in [5, 5.41) is 7.31. The monoisotopic (exact) mass is 369 g/mol. The van der Waals surface area contributed by atoms with Gasteiger partial charge in [-0.2, -0.15) is 4.98 Å². The summed E-state index contributed by atoms with van der Waals surface area (Å²) >= 11 is 1.26. The van der Waals surface area contributed by atoms with E-state index in [4.69, 9.17) is 0 Å². The number of hydrogen-bond acceptors (Lipinski definition) is 6. The predicted octanol–water partition coefficient (Wildman–Crippen LogP) is 3.06. The number of ketones is 1. The fraction of sp³-hybridized carbons (Fsp3) is 0.278. The number of anilines is 1. The summed E-state index contributed by atoms with van der Waals surface area (Å²) in [5.74, 6) is 0.290. The number of Topliss-reactive ketones (excluding diaryl/α,β-unsaturated/α-hetero) is 1. The van der Waals surface area contributed by atoms with Crippen molar-refractivity contribution in [3.05, 3.63) is 47.3 Å². The second-order valence-electron chi connectivity index (χ2n) is 6.03. The molecule has 0 unspecified atom stereocenters. The van der Waals surface area contributed by atoms with Crippen LogP contribution in [-0.4, -0.2) is 36.5 Å². The molecule has 2 heterocycles. The summed E-state index contributed by atoms with van der Waals surface area (Å²) in [6.45, 7) is 7.11. The van der Waals surface area contributed by atoms with Crippen LogP contribution in [0.1, 0.15) is 35.6 Å². The number of fused-ring (bicyclic) bond motifs is 1. The molecule has 1 amide bonds. The summed E-state index contributed by atoms with van der Waals surface area (Å²) in [6, 6.07) is 8.80. The van der Waals surface area contributed by atoms with Gasteiger partial charge in [-0.05, 0) is 45.9 Å². The molecule has 134 valence electrons. The van der Waals surface area contributed by atoms with Gasteiger partial charge in [-0.3, -0.25) is 9.59 Å². The van der Waals surface area contributed by atoms with Gasteiger partial charge in [0, 0.05) is 22.6 Å². The lowest BCUT2D eigenvalue weighted by molar-refractivity contribution is -0.115. The van der Waals surface area contributed by atoms with Crippen molar-refractivity contribution in [1.82, 2.24) is 19.6 Å². The first-order valence-electron chi connectivity index (χ1n) is 8.13. The highest BCUT2D eigenvalue weighted by Gasteiger charge is 2.18. The van der Waals surface area contributed by atoms with Gasteiger partial charge in [-0.25, -0.2) is 9.50 Å². The molecule has 8 heteroatoms. The van der Waals surface area contributed by atoms with E-state index in [-0.39, 0.29) is 11.7 Å². The van der Waals surface area contributed by atoms with Gasteiger partial charge in [-0.15, -0.1) is 5.10 Å². The maximum Gasteiger partial charge on any atom is 0.253 e. The van der Waals surface area contributed by atoms with E-state index in [1.165, 1.54) is 18.7 Å². The molecule has 0 aliphatic carbocycles. The predicted molar refractivity (Wildman–Crippen MR) is 101 cm³/mol. The summed E-state index contributed by atoms with van der Waals surface area (Å²) in [6.07, 6.45) is 0. The molecule has 0 aliphatic heterocycles. The molecular weight excluding hydrogens is 350 g/mol. The van der Waals surface area contributed by atoms with Crippen LogP contribution in [0.2, 0.25) is 0 Å². The Kier molecular flexibility index (Phi) is 5.03. The second kappa shape index (κ2) is 7.25. The Morgan fingerprint density at radius 3 is 2.69 bits per heavy atom. The van der Waals surface area contributed by atoms with Crippen molar-refractivity contribution in [2.24, 2.45) is 0 Å². The first-order valence-corrected chi connectivity index (χ1v) is 9.01. The Hall–Kier alpha value is -2.74. The second-order valence-corrected chi connectivity index (χ2v) is 7.34. The fourth-order valence-corrected chi connectivity index (χ4v) is 3.21. The zero-order chi connectivity index (χ0) is 18.8. The molecule has 7 nitrogen and oxygen atoms in total. The van der Waals surface area contributed by atoms with E-state index in [1.54, 1.807) is 35.7 Å². The van der Waals surface area contributed by atoms with E-state index in [9.17, 15) is 9.59 Å². The number of carbonyl (C=O) groups is 2. The van der Waals surface area contributed by atoms with Gasteiger partial charge in [0.25, 0.3) is 5.78 Å². The maximum absolute atomic E-state index is 12.4. The van der Waals surface area contributed by atoms with Crippen molar-refractivity contribution in [2.45, 2.75) is 38.1 Å². The summed E-state index contributed by atoms with van der Waals surface area (Å²) in [5.41, 5.74) is 2.95. The van der Waals surface area contributed by atoms with Crippen LogP contribution < -0.4 is 5.32 Å². The van der Waals surface area contributed by atoms with Crippen LogP contribution in [0.4, 0.5) is 5.69 Å². The van der Waals surface area contributed by atoms with Crippen LogP contribution >= 0.6 is 11.8 Å². The van der Waals surface area contributed by atoms with E-state index in [0.717, 1.165) is 11.4 Å². The zero-order valence-corrected chi connectivity index (χ0v) is 15.8. The molecule has 0 spiro atoms. The molecule has 0 fully saturated rings. The summed E-state index contributed by atoms with van der Waals surface area (Å²) in [7, 11) is 0. The van der Waals surface area contributed by atoms with Gasteiger partial charge < -0.3 is 5.32 Å². The Bertz CT molecular complexity index is 998. The Labute approximate surface area is 155 Å². The van der Waals surface area contributed by atoms with E-state index in [0.29, 0.717) is 22.2 Å². The average molecular weight is 369 g/mol. The zero-order valence-electron chi connectivity index (χ0n) is 15.0. The molecule has 0 saturated carbocycles. The van der Waals surface area contributed by atoms with Gasteiger partial charge in [0.2, 0.25) is 11.1 Å². The molecule has 0 radical (unpaired) electrons. The third-order valence-electron chi connectivity index (χ3n) is 3.79. The number of nitrogens with one attached hydrogen (secondary N) is 1. The quantitative estimate of drug-likeness (QED) is 0.549. The van der Waals surface area contributed by atoms with E-state index in [2.05, 4.69) is 20.4 Å². The van der Waals surface area contributed by atoms with Crippen LogP contribution in [-0.2, 0) is 4.79 Å². The molecule has 1 N–H and O–H groups in total. The highest BCUT2D eigenvalue weighted by molar-refractivity contribution is 8.00. The first-order chi connectivity index (χ1) is 12.3. The lowest BCUT2D eigenvalue weighted by Gasteiger charge is -2.10. The van der Waals surface area contributed by atoms with Crippen molar-refractivity contribution in [1.29, 1.82) is 0 Å². The number of aryl methyl sites for hydroxylation is 2. The number of rotatable bonds is 5. The standard InChI is InChI=1S/C18H19N5O2S/c1-10-8-11(2)23-17(19-10)21-18(22-23)26-13(4)16(25)20-15-7-5-6-14(9-15)12(3)24/h5-9,13H,1-4H3,(H,20,25)/t13-/m1/s1. The molecule has 2 aromatic heterocycles. The highest BCUT2D eigenvalue weighted by Crippen LogP contribution is 2.22. The number of benzene rings is 1. The number of aromatic nitrogens is 4. The first kappa shape index (κ1) is 18.1. The highest BCUT2D eigenvalue weighted by atomic mass is 32.2. The minimum absolute atomic E-state index is 0.0458. The van der Waals surface area contributed by atoms with Crippen molar-refractivity contribution >= 4 is 34.9 Å². The molecule has 3 rings (SSSR count). The van der Waals surface area contributed by atoms with Crippen LogP contribution in [0.15, 0.2) is 35.5 Å². The Morgan fingerprint density at radius 1 is 1.19 bits per heavy atom. The Morgan fingerprint density at radius 2 is 1.96 bits per heavy atom. The van der Waals surface area contributed by atoms with Gasteiger partial charge in [-0.1, -0.05) is 23.9 Å². The van der Waals surface area contributed by atoms with Gasteiger partial charge >= 0.3 is 0 Å². The molecule has 0 bridgehead atoms.